The monoisotopic (exact) mass is 2090 g/mol. The highest BCUT2D eigenvalue weighted by Crippen LogP contribution is 2.40. The maximum atomic E-state index is 14.1. The molecule has 12 atom stereocenters. The molecular weight excluding hydrogens is 1950 g/mol. The lowest BCUT2D eigenvalue weighted by Crippen LogP contribution is -2.58. The van der Waals surface area contributed by atoms with E-state index in [0.29, 0.717) is 37.8 Å². The molecule has 32 nitrogen and oxygen atoms in total. The molecule has 5 aliphatic heterocycles. The van der Waals surface area contributed by atoms with Crippen molar-refractivity contribution >= 4 is 122 Å². The number of likely N-dealkylation sites (tertiary alicyclic amines) is 4. The van der Waals surface area contributed by atoms with Gasteiger partial charge in [-0.15, -0.1) is 45.3 Å². The molecule has 0 spiro atoms. The highest BCUT2D eigenvalue weighted by Gasteiger charge is 2.54. The van der Waals surface area contributed by atoms with Crippen molar-refractivity contribution in [3.8, 4) is 41.8 Å². The topological polar surface area (TPSA) is 445 Å². The Morgan fingerprint density at radius 2 is 0.837 bits per heavy atom. The zero-order chi connectivity index (χ0) is 108. The number of alkyl carbamates (subject to hydrolysis) is 1. The molecule has 147 heavy (non-hydrogen) atoms. The molecular formula is C111H144N14O18S4. The number of Topliss-reactive ketones (excluding diaryl/α,β-unsaturated/α-hetero) is 4. The summed E-state index contributed by atoms with van der Waals surface area (Å²) in [7, 11) is 1.60. The fraction of sp³-hybridized carbons (Fsp3) is 0.505. The zero-order valence-electron chi connectivity index (χ0n) is 88.0. The van der Waals surface area contributed by atoms with E-state index in [4.69, 9.17) is 10.5 Å². The van der Waals surface area contributed by atoms with Crippen molar-refractivity contribution in [3.63, 3.8) is 0 Å². The van der Waals surface area contributed by atoms with Crippen molar-refractivity contribution in [2.45, 2.75) is 293 Å². The van der Waals surface area contributed by atoms with E-state index in [2.05, 4.69) is 48.0 Å². The van der Waals surface area contributed by atoms with Crippen molar-refractivity contribution in [3.05, 3.63) is 200 Å². The molecule has 9 heterocycles. The number of amides is 9. The third-order valence-electron chi connectivity index (χ3n) is 27.4. The molecule has 36 heteroatoms. The number of carbonyl (C=O) groups excluding carboxylic acids is 13. The Labute approximate surface area is 877 Å². The number of benzene rings is 5. The van der Waals surface area contributed by atoms with E-state index in [1.807, 2.05) is 201 Å². The Balaban J connectivity index is 0.000000187. The molecule has 0 bridgehead atoms. The Hall–Kier alpha value is -11.9. The summed E-state index contributed by atoms with van der Waals surface area (Å²) in [5, 5.41) is 49.3. The minimum absolute atomic E-state index is 0.0107. The maximum Gasteiger partial charge on any atom is 0.408 e. The fourth-order valence-corrected chi connectivity index (χ4v) is 22.6. The molecule has 14 rings (SSSR count). The molecule has 1 unspecified atom stereocenters. The van der Waals surface area contributed by atoms with Gasteiger partial charge in [0, 0.05) is 104 Å². The third-order valence-corrected chi connectivity index (χ3v) is 31.4. The van der Waals surface area contributed by atoms with Gasteiger partial charge in [-0.1, -0.05) is 184 Å². The standard InChI is InChI=1S/C31H35N3O4S.C30H42N4O6S.C25H34N4O4S.C25H33N3O4S/c1-19(2)27(33-16-23-7-5-6-8-25(23)29(33)37)30(38)34-17-24(35)15-31(34,4)26(36)14-11-21-9-12-22(13-10-21)28-20(3)32-18-39-28;1-18-25(41-17-32-18)20-11-8-19(9-12-20)10-13-23(36)22-14-21(35)16-34(22)27(38)26(29(2,3)4)33-24(37)15-31-28(39)40-30(5,6)7;1-15-22(34-14-27-15)17-8-5-16(6-9-17)7-10-20(31)19-11-18(30)13-29(19)24(33)23(25(2,3)4)28-21(32)12-26;1-15(2)23(27(5)17(4)29)25(32)28-13-20(30)12-21(28)22(31)11-8-18-6-9-19(10-7-18)24-16(3)26-14-33-24/h5-10,12-13,18-19,24,27,35H,11,14-17H2,1-4H3;8-9,11-12,17,21-22,26,35H,10,13-16H2,1-7H3,(H,31,39)(H,33,37);5-6,8-9,14,18-19,23,30H,7,10-13,26H2,1-4H3,(H,28,32);6-7,9-10,14-15,20-21,23,30H,8,11-13H2,1-5H3/t24-,27+,31?;21-,22+,26-;18-,19+,23-;20-,21+,23+/m1111/s1. The van der Waals surface area contributed by atoms with Crippen LogP contribution in [-0.2, 0) is 89.7 Å². The second-order valence-electron chi connectivity index (χ2n) is 42.8. The molecule has 0 radical (unpaired) electrons. The summed E-state index contributed by atoms with van der Waals surface area (Å²) >= 11 is 6.39. The van der Waals surface area contributed by atoms with E-state index in [9.17, 15) is 82.8 Å². The largest absolute Gasteiger partial charge is 0.444 e. The molecule has 9 amide bonds. The lowest BCUT2D eigenvalue weighted by Gasteiger charge is -2.39. The van der Waals surface area contributed by atoms with Crippen molar-refractivity contribution in [2.24, 2.45) is 28.4 Å². The van der Waals surface area contributed by atoms with Crippen LogP contribution in [0.2, 0.25) is 0 Å². The van der Waals surface area contributed by atoms with Crippen molar-refractivity contribution in [1.29, 1.82) is 0 Å². The van der Waals surface area contributed by atoms with E-state index in [0.717, 1.165) is 92.4 Å². The highest BCUT2D eigenvalue weighted by molar-refractivity contribution is 7.14. The van der Waals surface area contributed by atoms with Gasteiger partial charge in [-0.05, 0) is 160 Å². The van der Waals surface area contributed by atoms with Crippen molar-refractivity contribution < 1.29 is 87.5 Å². The van der Waals surface area contributed by atoms with Gasteiger partial charge >= 0.3 is 6.09 Å². The van der Waals surface area contributed by atoms with Crippen LogP contribution in [0.15, 0.2) is 143 Å². The fourth-order valence-electron chi connectivity index (χ4n) is 19.4. The van der Waals surface area contributed by atoms with Crippen LogP contribution in [0.5, 0.6) is 0 Å². The van der Waals surface area contributed by atoms with Crippen molar-refractivity contribution in [2.75, 3.05) is 46.3 Å². The van der Waals surface area contributed by atoms with Gasteiger partial charge in [0.05, 0.1) is 113 Å². The summed E-state index contributed by atoms with van der Waals surface area (Å²) in [5.74, 6) is -3.37. The molecule has 9 N–H and O–H groups in total. The smallest absolute Gasteiger partial charge is 0.408 e. The molecule has 4 aromatic heterocycles. The molecule has 5 aliphatic rings. The second kappa shape index (κ2) is 50.4. The lowest BCUT2D eigenvalue weighted by atomic mass is 9.85. The Morgan fingerprint density at radius 1 is 0.483 bits per heavy atom. The predicted octanol–water partition coefficient (Wildman–Crippen LogP) is 13.4. The summed E-state index contributed by atoms with van der Waals surface area (Å²) in [5.41, 5.74) is 23.6. The van der Waals surface area contributed by atoms with Crippen LogP contribution in [0, 0.1) is 50.4 Å². The van der Waals surface area contributed by atoms with E-state index in [1.54, 1.807) is 112 Å². The molecule has 5 aromatic carbocycles. The second-order valence-corrected chi connectivity index (χ2v) is 46.3. The summed E-state index contributed by atoms with van der Waals surface area (Å²) in [6.45, 7) is 34.8. The SMILES string of the molecule is CC(=O)N(C)[C@H](C(=O)N1C[C@H](O)C[C@H]1C(=O)CCc1ccc(-c2scnc2C)cc1)C(C)C.Cc1ncsc1-c1ccc(CCC(=O)C2(C)C[C@@H](O)CN2C(=O)[C@H](C(C)C)N2Cc3ccccc3C2=O)cc1.Cc1ncsc1-c1ccc(CCC(=O)[C@@H]2C[C@@H](O)CN2C(=O)[C@@H](NC(=O)CN)C(C)(C)C)cc1.Cc1ncsc1-c1ccc(CCC(=O)[C@@H]2C[C@@H](O)CN2C(=O)[C@@H](NC(=O)CNC(=O)OC(C)(C)C)C(C)(C)C)cc1. The van der Waals surface area contributed by atoms with Gasteiger partial charge < -0.3 is 76.2 Å². The summed E-state index contributed by atoms with van der Waals surface area (Å²) in [6, 6.07) is 34.5. The minimum Gasteiger partial charge on any atom is -0.444 e. The number of aliphatic hydroxyl groups excluding tert-OH is 4. The first-order chi connectivity index (χ1) is 69.2. The van der Waals surface area contributed by atoms with E-state index >= 15 is 0 Å². The summed E-state index contributed by atoms with van der Waals surface area (Å²) < 4.78 is 5.15. The van der Waals surface area contributed by atoms with E-state index in [1.165, 1.54) is 31.4 Å². The number of fused-ring (bicyclic) bond motifs is 1. The number of ketones is 4. The Morgan fingerprint density at radius 3 is 1.16 bits per heavy atom. The molecule has 0 aliphatic carbocycles. The van der Waals surface area contributed by atoms with Gasteiger partial charge in [0.15, 0.2) is 23.1 Å². The number of thiazole rings is 4. The average Bonchev–Trinajstić information content (AvgIpc) is 1.60. The number of aliphatic hydroxyl groups is 4. The number of ether oxygens (including phenoxy) is 1. The number of nitrogens with one attached hydrogen (secondary N) is 3. The molecule has 4 saturated heterocycles. The van der Waals surface area contributed by atoms with Crippen LogP contribution in [0.3, 0.4) is 0 Å². The van der Waals surface area contributed by atoms with Crippen LogP contribution in [0.4, 0.5) is 4.79 Å². The number of β-amino-alcohol motifs (C(OH)–C–C–N with tert-alkyl or cyclic N) is 4. The van der Waals surface area contributed by atoms with E-state index < -0.39 is 112 Å². The number of hydrogen-bond donors (Lipinski definition) is 8. The lowest BCUT2D eigenvalue weighted by molar-refractivity contribution is -0.148. The number of carbonyl (C=O) groups is 13. The van der Waals surface area contributed by atoms with Gasteiger partial charge in [0.25, 0.3) is 5.91 Å². The first kappa shape index (κ1) is 115. The first-order valence-corrected chi connectivity index (χ1v) is 53.7. The zero-order valence-corrected chi connectivity index (χ0v) is 91.2. The Kier molecular flexibility index (Phi) is 39.6. The number of nitrogens with zero attached hydrogens (tertiary/aromatic N) is 10. The number of aryl methyl sites for hydroxylation is 8. The van der Waals surface area contributed by atoms with Crippen molar-refractivity contribution in [1.82, 2.24) is 65.3 Å². The number of likely N-dealkylation sites (N-methyl/N-ethyl adjacent to an activating group) is 1. The molecule has 4 fully saturated rings. The summed E-state index contributed by atoms with van der Waals surface area (Å²) in [6.07, 6.45) is 0.0928. The van der Waals surface area contributed by atoms with Crippen LogP contribution >= 0.6 is 45.3 Å². The molecule has 790 valence electrons. The van der Waals surface area contributed by atoms with Gasteiger partial charge in [-0.2, -0.15) is 0 Å². The predicted molar refractivity (Wildman–Crippen MR) is 570 cm³/mol. The molecule has 0 saturated carbocycles. The van der Waals surface area contributed by atoms with E-state index in [-0.39, 0.29) is 155 Å². The van der Waals surface area contributed by atoms with Gasteiger partial charge in [-0.25, -0.2) is 24.7 Å². The molecule has 9 aromatic rings. The third kappa shape index (κ3) is 29.8. The number of nitrogens with two attached hydrogens (primary N) is 1. The number of aromatic nitrogens is 4. The Bertz CT molecular complexity index is 6140. The maximum absolute atomic E-state index is 14.1. The van der Waals surface area contributed by atoms with Gasteiger partial charge in [-0.3, -0.25) is 57.5 Å². The average molecular weight is 2090 g/mol. The quantitative estimate of drug-likeness (QED) is 0.0189. The van der Waals surface area contributed by atoms with Gasteiger partial charge in [0.2, 0.25) is 41.4 Å². The number of hydrogen-bond acceptors (Lipinski definition) is 27. The number of rotatable bonds is 33. The normalized spacial score (nSPS) is 19.5. The first-order valence-electron chi connectivity index (χ1n) is 50.2. The van der Waals surface area contributed by atoms with Crippen LogP contribution in [0.1, 0.15) is 216 Å². The highest BCUT2D eigenvalue weighted by atomic mass is 32.1. The van der Waals surface area contributed by atoms with Crippen LogP contribution in [-0.4, -0.2) is 270 Å². The van der Waals surface area contributed by atoms with Gasteiger partial charge in [0.1, 0.15) is 41.9 Å². The van der Waals surface area contributed by atoms with Crippen LogP contribution < -0.4 is 21.7 Å². The minimum atomic E-state index is -1.13. The summed E-state index contributed by atoms with van der Waals surface area (Å²) in [4.78, 5) is 200. The van der Waals surface area contributed by atoms with Crippen LogP contribution in [0.25, 0.3) is 41.8 Å².